The molecule has 0 aliphatic heterocycles. The average molecular weight is 137 g/mol. The number of hydrogen-bond donors (Lipinski definition) is 0. The highest BCUT2D eigenvalue weighted by atomic mass is 14.7. The Morgan fingerprint density at radius 2 is 2.10 bits per heavy atom. The molecule has 0 heterocycles. The van der Waals surface area contributed by atoms with Gasteiger partial charge in [0.2, 0.25) is 0 Å². The summed E-state index contributed by atoms with van der Waals surface area (Å²) in [5.74, 6) is 0.593. The third-order valence-electron chi connectivity index (χ3n) is 1.02. The lowest BCUT2D eigenvalue weighted by Crippen LogP contribution is -1.84. The summed E-state index contributed by atoms with van der Waals surface area (Å²) in [5.41, 5.74) is 1.00. The molecular formula is C9H15N. The summed E-state index contributed by atoms with van der Waals surface area (Å²) < 4.78 is 0. The van der Waals surface area contributed by atoms with Crippen molar-refractivity contribution in [2.75, 3.05) is 0 Å². The third kappa shape index (κ3) is 5.29. The van der Waals surface area contributed by atoms with E-state index in [0.717, 1.165) is 5.71 Å². The van der Waals surface area contributed by atoms with Gasteiger partial charge in [-0.05, 0) is 18.9 Å². The molecule has 0 aliphatic carbocycles. The number of rotatable bonds is 3. The van der Waals surface area contributed by atoms with Gasteiger partial charge in [0, 0.05) is 11.9 Å². The molecule has 0 unspecified atom stereocenters. The normalized spacial score (nSPS) is 13.0. The molecule has 0 aromatic rings. The number of allylic oxidation sites excluding steroid dienone is 2. The van der Waals surface area contributed by atoms with Crippen LogP contribution in [0, 0.1) is 5.92 Å². The van der Waals surface area contributed by atoms with Gasteiger partial charge < -0.3 is 0 Å². The van der Waals surface area contributed by atoms with Crippen LogP contribution >= 0.6 is 0 Å². The molecule has 0 saturated heterocycles. The smallest absolute Gasteiger partial charge is 0.0369 e. The fourth-order valence-corrected chi connectivity index (χ4v) is 0.519. The van der Waals surface area contributed by atoms with E-state index in [-0.39, 0.29) is 0 Å². The summed E-state index contributed by atoms with van der Waals surface area (Å²) in [6, 6.07) is 0. The van der Waals surface area contributed by atoms with Gasteiger partial charge in [-0.3, -0.25) is 4.99 Å². The van der Waals surface area contributed by atoms with Crippen LogP contribution < -0.4 is 0 Å². The molecule has 0 radical (unpaired) electrons. The van der Waals surface area contributed by atoms with Crippen molar-refractivity contribution >= 4 is 5.71 Å². The van der Waals surface area contributed by atoms with Gasteiger partial charge in [0.15, 0.2) is 0 Å². The van der Waals surface area contributed by atoms with Crippen molar-refractivity contribution in [2.24, 2.45) is 10.9 Å². The standard InChI is InChI=1S/C9H15N/c1-5-10-9(4)7-6-8(2)3/h5-8H,1H2,2-4H3/b7-6-,10-9?. The number of hydrogen-bond acceptors (Lipinski definition) is 1. The van der Waals surface area contributed by atoms with Crippen molar-refractivity contribution in [1.29, 1.82) is 0 Å². The summed E-state index contributed by atoms with van der Waals surface area (Å²) in [6.07, 6.45) is 5.68. The Hall–Kier alpha value is -0.850. The second-order valence-electron chi connectivity index (χ2n) is 2.56. The first-order valence-electron chi connectivity index (χ1n) is 3.50. The zero-order chi connectivity index (χ0) is 7.98. The quantitative estimate of drug-likeness (QED) is 0.530. The minimum absolute atomic E-state index is 0.593. The Morgan fingerprint density at radius 3 is 2.50 bits per heavy atom. The van der Waals surface area contributed by atoms with Gasteiger partial charge in [0.25, 0.3) is 0 Å². The molecule has 1 heteroatoms. The van der Waals surface area contributed by atoms with E-state index in [1.54, 1.807) is 6.20 Å². The van der Waals surface area contributed by atoms with Crippen molar-refractivity contribution in [2.45, 2.75) is 20.8 Å². The SMILES string of the molecule is C=CN=C(C)/C=C\C(C)C. The molecule has 0 aromatic heterocycles. The van der Waals surface area contributed by atoms with Crippen molar-refractivity contribution in [3.63, 3.8) is 0 Å². The monoisotopic (exact) mass is 137 g/mol. The van der Waals surface area contributed by atoms with E-state index in [4.69, 9.17) is 0 Å². The number of nitrogens with zero attached hydrogens (tertiary/aromatic N) is 1. The minimum atomic E-state index is 0.593. The zero-order valence-corrected chi connectivity index (χ0v) is 6.96. The molecule has 56 valence electrons. The first kappa shape index (κ1) is 9.15. The topological polar surface area (TPSA) is 12.4 Å². The van der Waals surface area contributed by atoms with E-state index in [9.17, 15) is 0 Å². The van der Waals surface area contributed by atoms with Gasteiger partial charge in [-0.15, -0.1) is 0 Å². The number of aliphatic imine (C=N–C) groups is 1. The maximum atomic E-state index is 3.99. The van der Waals surface area contributed by atoms with Crippen LogP contribution in [0.4, 0.5) is 0 Å². The predicted molar refractivity (Wildman–Crippen MR) is 47.3 cm³/mol. The average Bonchev–Trinajstić information content (AvgIpc) is 1.85. The third-order valence-corrected chi connectivity index (χ3v) is 1.02. The van der Waals surface area contributed by atoms with Crippen molar-refractivity contribution < 1.29 is 0 Å². The molecule has 0 bridgehead atoms. The summed E-state index contributed by atoms with van der Waals surface area (Å²) >= 11 is 0. The molecular weight excluding hydrogens is 122 g/mol. The zero-order valence-electron chi connectivity index (χ0n) is 6.96. The molecule has 0 rings (SSSR count). The van der Waals surface area contributed by atoms with E-state index in [2.05, 4.69) is 31.5 Å². The molecule has 0 fully saturated rings. The first-order valence-corrected chi connectivity index (χ1v) is 3.50. The predicted octanol–water partition coefficient (Wildman–Crippen LogP) is 2.80. The van der Waals surface area contributed by atoms with Crippen molar-refractivity contribution in [1.82, 2.24) is 0 Å². The highest BCUT2D eigenvalue weighted by Gasteiger charge is 1.83. The van der Waals surface area contributed by atoms with Crippen LogP contribution in [0.2, 0.25) is 0 Å². The lowest BCUT2D eigenvalue weighted by molar-refractivity contribution is 0.832. The second-order valence-corrected chi connectivity index (χ2v) is 2.56. The van der Waals surface area contributed by atoms with E-state index in [1.165, 1.54) is 0 Å². The van der Waals surface area contributed by atoms with Crippen LogP contribution in [0.3, 0.4) is 0 Å². The maximum Gasteiger partial charge on any atom is 0.0369 e. The fraction of sp³-hybridized carbons (Fsp3) is 0.444. The minimum Gasteiger partial charge on any atom is -0.262 e. The molecule has 0 spiro atoms. The summed E-state index contributed by atoms with van der Waals surface area (Å²) in [4.78, 5) is 3.99. The Kier molecular flexibility index (Phi) is 4.55. The van der Waals surface area contributed by atoms with Crippen LogP contribution in [0.25, 0.3) is 0 Å². The van der Waals surface area contributed by atoms with Gasteiger partial charge >= 0.3 is 0 Å². The molecule has 0 N–H and O–H groups in total. The van der Waals surface area contributed by atoms with E-state index >= 15 is 0 Å². The van der Waals surface area contributed by atoms with E-state index in [1.807, 2.05) is 13.0 Å². The van der Waals surface area contributed by atoms with Gasteiger partial charge in [0.05, 0.1) is 0 Å². The summed E-state index contributed by atoms with van der Waals surface area (Å²) in [5, 5.41) is 0. The van der Waals surface area contributed by atoms with Crippen LogP contribution in [0.1, 0.15) is 20.8 Å². The molecule has 0 atom stereocenters. The van der Waals surface area contributed by atoms with Gasteiger partial charge in [-0.25, -0.2) is 0 Å². The first-order chi connectivity index (χ1) is 4.66. The summed E-state index contributed by atoms with van der Waals surface area (Å²) in [7, 11) is 0. The van der Waals surface area contributed by atoms with Crippen LogP contribution in [0.5, 0.6) is 0 Å². The maximum absolute atomic E-state index is 3.99. The molecule has 10 heavy (non-hydrogen) atoms. The Morgan fingerprint density at radius 1 is 1.50 bits per heavy atom. The van der Waals surface area contributed by atoms with Gasteiger partial charge in [-0.1, -0.05) is 26.5 Å². The fourth-order valence-electron chi connectivity index (χ4n) is 0.519. The van der Waals surface area contributed by atoms with Crippen LogP contribution in [-0.4, -0.2) is 5.71 Å². The van der Waals surface area contributed by atoms with E-state index in [0.29, 0.717) is 5.92 Å². The van der Waals surface area contributed by atoms with Crippen molar-refractivity contribution in [3.05, 3.63) is 24.9 Å². The lowest BCUT2D eigenvalue weighted by atomic mass is 10.2. The van der Waals surface area contributed by atoms with E-state index < -0.39 is 0 Å². The second kappa shape index (κ2) is 4.98. The molecule has 0 amide bonds. The molecule has 1 nitrogen and oxygen atoms in total. The Bertz CT molecular complexity index is 152. The molecule has 0 aliphatic rings. The highest BCUT2D eigenvalue weighted by Crippen LogP contribution is 1.93. The summed E-state index contributed by atoms with van der Waals surface area (Å²) in [6.45, 7) is 9.74. The Labute approximate surface area is 63.2 Å². The highest BCUT2D eigenvalue weighted by molar-refractivity contribution is 5.93. The molecule has 0 aromatic carbocycles. The molecule has 0 saturated carbocycles. The Balaban J connectivity index is 3.88. The van der Waals surface area contributed by atoms with Gasteiger partial charge in [-0.2, -0.15) is 0 Å². The van der Waals surface area contributed by atoms with Crippen LogP contribution in [0.15, 0.2) is 29.9 Å². The van der Waals surface area contributed by atoms with Crippen LogP contribution in [-0.2, 0) is 0 Å². The lowest BCUT2D eigenvalue weighted by Gasteiger charge is -1.92. The largest absolute Gasteiger partial charge is 0.262 e. The van der Waals surface area contributed by atoms with Gasteiger partial charge in [0.1, 0.15) is 0 Å². The van der Waals surface area contributed by atoms with Crippen molar-refractivity contribution in [3.8, 4) is 0 Å².